The number of nitrogens with one attached hydrogen (secondary N) is 1. The predicted molar refractivity (Wildman–Crippen MR) is 127 cm³/mol. The summed E-state index contributed by atoms with van der Waals surface area (Å²) in [6.07, 6.45) is -9.60. The number of ether oxygens (including phenoxy) is 1. The molecule has 0 aliphatic rings. The van der Waals surface area contributed by atoms with E-state index in [1.54, 1.807) is 24.3 Å². The Morgan fingerprint density at radius 3 is 2.08 bits per heavy atom. The largest absolute Gasteiger partial charge is 0.506 e. The highest BCUT2D eigenvalue weighted by Crippen LogP contribution is 2.49. The molecule has 1 heterocycles. The van der Waals surface area contributed by atoms with Crippen molar-refractivity contribution in [2.45, 2.75) is 19.0 Å². The summed E-state index contributed by atoms with van der Waals surface area (Å²) >= 11 is 17.9. The van der Waals surface area contributed by atoms with E-state index in [1.807, 2.05) is 5.10 Å². The van der Waals surface area contributed by atoms with E-state index >= 15 is 0 Å². The third-order valence-corrected chi connectivity index (χ3v) is 6.10. The van der Waals surface area contributed by atoms with Crippen LogP contribution in [0.3, 0.4) is 0 Å². The lowest BCUT2D eigenvalue weighted by Crippen LogP contribution is -2.06. The average molecular weight is 582 g/mol. The van der Waals surface area contributed by atoms with E-state index in [-0.39, 0.29) is 39.8 Å². The van der Waals surface area contributed by atoms with Gasteiger partial charge < -0.3 is 9.84 Å². The number of rotatable bonds is 5. The van der Waals surface area contributed by atoms with Crippen molar-refractivity contribution in [3.8, 4) is 33.9 Å². The van der Waals surface area contributed by atoms with Crippen LogP contribution in [0.25, 0.3) is 22.4 Å². The first-order valence-corrected chi connectivity index (χ1v) is 11.3. The van der Waals surface area contributed by atoms with Crippen LogP contribution in [0.2, 0.25) is 15.1 Å². The van der Waals surface area contributed by atoms with Crippen LogP contribution in [0.15, 0.2) is 54.6 Å². The van der Waals surface area contributed by atoms with Crippen LogP contribution in [0, 0.1) is 0 Å². The molecule has 0 amide bonds. The smallest absolute Gasteiger partial charge is 0.432 e. The number of hydrogen-bond acceptors (Lipinski definition) is 3. The summed E-state index contributed by atoms with van der Waals surface area (Å²) in [6.45, 7) is -0.0976. The standard InChI is InChI=1S/C24H13Cl3F6N2O2/c25-13-4-1-11(2-5-13)10-37-18-8-16(27)21(17-9-19(35-34-17)24(31,32)33)22(36)20(18)12-3-6-15(26)14(7-12)23(28,29)30/h1-9,36H,10H2,(H,34,35). The van der Waals surface area contributed by atoms with Crippen molar-refractivity contribution in [2.24, 2.45) is 0 Å². The molecule has 4 nitrogen and oxygen atoms in total. The van der Waals surface area contributed by atoms with Crippen LogP contribution in [0.4, 0.5) is 26.3 Å². The van der Waals surface area contributed by atoms with Crippen LogP contribution < -0.4 is 4.74 Å². The number of alkyl halides is 6. The summed E-state index contributed by atoms with van der Waals surface area (Å²) in [7, 11) is 0. The van der Waals surface area contributed by atoms with E-state index < -0.39 is 34.4 Å². The molecule has 0 atom stereocenters. The Morgan fingerprint density at radius 1 is 0.811 bits per heavy atom. The Morgan fingerprint density at radius 2 is 1.49 bits per heavy atom. The van der Waals surface area contributed by atoms with Gasteiger partial charge in [0, 0.05) is 11.1 Å². The van der Waals surface area contributed by atoms with Crippen molar-refractivity contribution in [1.29, 1.82) is 0 Å². The van der Waals surface area contributed by atoms with Gasteiger partial charge in [-0.15, -0.1) is 0 Å². The Bertz CT molecular complexity index is 1450. The van der Waals surface area contributed by atoms with Gasteiger partial charge in [-0.1, -0.05) is 53.0 Å². The van der Waals surface area contributed by atoms with E-state index in [4.69, 9.17) is 39.5 Å². The third-order valence-electron chi connectivity index (χ3n) is 5.22. The molecule has 0 aliphatic carbocycles. The molecule has 2 N–H and O–H groups in total. The summed E-state index contributed by atoms with van der Waals surface area (Å²) in [6, 6.07) is 11.1. The number of nitrogens with zero attached hydrogens (tertiary/aromatic N) is 1. The maximum atomic E-state index is 13.5. The van der Waals surface area contributed by atoms with Gasteiger partial charge in [0.05, 0.1) is 32.4 Å². The van der Waals surface area contributed by atoms with Gasteiger partial charge in [0.25, 0.3) is 0 Å². The number of hydrogen-bond donors (Lipinski definition) is 2. The van der Waals surface area contributed by atoms with E-state index in [0.717, 1.165) is 6.07 Å². The van der Waals surface area contributed by atoms with Gasteiger partial charge in [-0.05, 0) is 41.5 Å². The zero-order valence-corrected chi connectivity index (χ0v) is 20.4. The van der Waals surface area contributed by atoms with E-state index in [1.165, 1.54) is 12.1 Å². The van der Waals surface area contributed by atoms with Crippen LogP contribution >= 0.6 is 34.8 Å². The minimum Gasteiger partial charge on any atom is -0.506 e. The summed E-state index contributed by atoms with van der Waals surface area (Å²) in [5.41, 5.74) is -2.93. The lowest BCUT2D eigenvalue weighted by atomic mass is 9.96. The zero-order valence-electron chi connectivity index (χ0n) is 18.1. The fourth-order valence-electron chi connectivity index (χ4n) is 3.49. The number of benzene rings is 3. The molecule has 194 valence electrons. The Labute approximate surface area is 220 Å². The van der Waals surface area contributed by atoms with E-state index in [0.29, 0.717) is 22.7 Å². The molecule has 4 rings (SSSR count). The van der Waals surface area contributed by atoms with Crippen LogP contribution in [0.5, 0.6) is 11.5 Å². The lowest BCUT2D eigenvalue weighted by Gasteiger charge is -2.18. The number of phenols is 1. The van der Waals surface area contributed by atoms with Crippen molar-refractivity contribution in [2.75, 3.05) is 0 Å². The number of aromatic amines is 1. The second-order valence-electron chi connectivity index (χ2n) is 7.73. The molecular weight excluding hydrogens is 569 g/mol. The summed E-state index contributed by atoms with van der Waals surface area (Å²) < 4.78 is 85.7. The molecule has 0 saturated carbocycles. The average Bonchev–Trinajstić information content (AvgIpc) is 3.29. The van der Waals surface area contributed by atoms with Crippen molar-refractivity contribution in [3.63, 3.8) is 0 Å². The second kappa shape index (κ2) is 10.00. The highest BCUT2D eigenvalue weighted by molar-refractivity contribution is 6.34. The number of halogens is 9. The first-order chi connectivity index (χ1) is 17.3. The highest BCUT2D eigenvalue weighted by atomic mass is 35.5. The number of H-pyrrole nitrogens is 1. The molecular formula is C24H13Cl3F6N2O2. The van der Waals surface area contributed by atoms with Gasteiger partial charge in [-0.25, -0.2) is 0 Å². The molecule has 0 aliphatic heterocycles. The minimum atomic E-state index is -4.83. The quantitative estimate of drug-likeness (QED) is 0.231. The molecule has 37 heavy (non-hydrogen) atoms. The normalized spacial score (nSPS) is 12.1. The van der Waals surface area contributed by atoms with Crippen LogP contribution in [-0.4, -0.2) is 15.3 Å². The predicted octanol–water partition coefficient (Wildman–Crippen LogP) is 9.03. The molecule has 0 unspecified atom stereocenters. The Balaban J connectivity index is 1.89. The summed E-state index contributed by atoms with van der Waals surface area (Å²) in [4.78, 5) is 0. The maximum absolute atomic E-state index is 13.5. The van der Waals surface area contributed by atoms with Gasteiger partial charge in [0.2, 0.25) is 0 Å². The monoisotopic (exact) mass is 580 g/mol. The van der Waals surface area contributed by atoms with Crippen LogP contribution in [0.1, 0.15) is 16.8 Å². The molecule has 3 aromatic carbocycles. The lowest BCUT2D eigenvalue weighted by molar-refractivity contribution is -0.141. The number of aromatic hydroxyl groups is 1. The van der Waals surface area contributed by atoms with Gasteiger partial charge in [-0.2, -0.15) is 31.4 Å². The first-order valence-electron chi connectivity index (χ1n) is 10.2. The molecule has 0 saturated heterocycles. The van der Waals surface area contributed by atoms with Crippen LogP contribution in [-0.2, 0) is 19.0 Å². The fraction of sp³-hybridized carbons (Fsp3) is 0.125. The Hall–Kier alpha value is -3.08. The third kappa shape index (κ3) is 5.76. The van der Waals surface area contributed by atoms with Gasteiger partial charge in [0.15, 0.2) is 0 Å². The molecule has 1 aromatic heterocycles. The maximum Gasteiger partial charge on any atom is 0.432 e. The molecule has 0 bridgehead atoms. The first kappa shape index (κ1) is 27.0. The van der Waals surface area contributed by atoms with E-state index in [9.17, 15) is 31.4 Å². The molecule has 13 heteroatoms. The molecule has 0 fully saturated rings. The van der Waals surface area contributed by atoms with Crippen molar-refractivity contribution < 1.29 is 36.2 Å². The molecule has 0 radical (unpaired) electrons. The van der Waals surface area contributed by atoms with Crippen molar-refractivity contribution in [3.05, 3.63) is 86.5 Å². The fourth-order valence-corrected chi connectivity index (χ4v) is 4.12. The summed E-state index contributed by atoms with van der Waals surface area (Å²) in [5, 5.41) is 16.1. The van der Waals surface area contributed by atoms with Gasteiger partial charge >= 0.3 is 12.4 Å². The van der Waals surface area contributed by atoms with Gasteiger partial charge in [0.1, 0.15) is 23.8 Å². The zero-order chi connectivity index (χ0) is 27.1. The van der Waals surface area contributed by atoms with Crippen molar-refractivity contribution >= 4 is 34.8 Å². The second-order valence-corrected chi connectivity index (χ2v) is 8.98. The number of phenolic OH excluding ortho intramolecular Hbond substituents is 1. The Kier molecular flexibility index (Phi) is 7.29. The topological polar surface area (TPSA) is 58.1 Å². The molecule has 4 aromatic rings. The minimum absolute atomic E-state index is 0.0976. The highest BCUT2D eigenvalue weighted by Gasteiger charge is 2.35. The SMILES string of the molecule is Oc1c(-c2cc(C(F)(F)F)[nH]n2)c(Cl)cc(OCc2ccc(Cl)cc2)c1-c1ccc(Cl)c(C(F)(F)F)c1. The number of aromatic nitrogens is 2. The summed E-state index contributed by atoms with van der Waals surface area (Å²) in [5.74, 6) is -0.877. The van der Waals surface area contributed by atoms with Gasteiger partial charge in [-0.3, -0.25) is 5.10 Å². The van der Waals surface area contributed by atoms with E-state index in [2.05, 4.69) is 5.10 Å². The molecule has 0 spiro atoms. The van der Waals surface area contributed by atoms with Crippen molar-refractivity contribution in [1.82, 2.24) is 10.2 Å².